The van der Waals surface area contributed by atoms with Gasteiger partial charge in [0.2, 0.25) is 5.91 Å². The number of carbonyl (C=O) groups is 1. The molecule has 9 nitrogen and oxygen atoms in total. The van der Waals surface area contributed by atoms with Gasteiger partial charge in [-0.1, -0.05) is 360 Å². The molecule has 0 aliphatic carbocycles. The summed E-state index contributed by atoms with van der Waals surface area (Å²) in [6, 6.07) is -0.822. The predicted octanol–water partition coefficient (Wildman–Crippen LogP) is 21.8. The van der Waals surface area contributed by atoms with Crippen molar-refractivity contribution in [2.45, 2.75) is 378 Å². The Morgan fingerprint density at radius 1 is 0.385 bits per heavy atom. The van der Waals surface area contributed by atoms with E-state index >= 15 is 0 Å². The average molecular weight is 1270 g/mol. The minimum Gasteiger partial charge on any atom is -0.394 e. The van der Waals surface area contributed by atoms with Gasteiger partial charge in [0.05, 0.1) is 25.4 Å². The Labute approximate surface area is 560 Å². The van der Waals surface area contributed by atoms with Crippen LogP contribution in [0.4, 0.5) is 0 Å². The van der Waals surface area contributed by atoms with Crippen LogP contribution in [-0.2, 0) is 14.3 Å². The van der Waals surface area contributed by atoms with E-state index in [-0.39, 0.29) is 12.5 Å². The average Bonchev–Trinajstić information content (AvgIpc) is 1.58. The summed E-state index contributed by atoms with van der Waals surface area (Å²) in [6.07, 6.45) is 97.5. The van der Waals surface area contributed by atoms with Gasteiger partial charge >= 0.3 is 0 Å². The Balaban J connectivity index is 2.14. The van der Waals surface area contributed by atoms with Crippen molar-refractivity contribution in [3.63, 3.8) is 0 Å². The number of rotatable bonds is 66. The van der Waals surface area contributed by atoms with Gasteiger partial charge in [0.1, 0.15) is 24.4 Å². The zero-order valence-electron chi connectivity index (χ0n) is 58.8. The highest BCUT2D eigenvalue weighted by Gasteiger charge is 2.44. The second kappa shape index (κ2) is 69.4. The lowest BCUT2D eigenvalue weighted by Crippen LogP contribution is -2.60. The van der Waals surface area contributed by atoms with Gasteiger partial charge < -0.3 is 40.3 Å². The van der Waals surface area contributed by atoms with Gasteiger partial charge in [-0.25, -0.2) is 0 Å². The van der Waals surface area contributed by atoms with E-state index in [4.69, 9.17) is 9.47 Å². The van der Waals surface area contributed by atoms with Crippen LogP contribution in [0.2, 0.25) is 0 Å². The van der Waals surface area contributed by atoms with E-state index in [1.54, 1.807) is 6.08 Å². The molecule has 0 spiro atoms. The first-order chi connectivity index (χ1) is 44.8. The van der Waals surface area contributed by atoms with Crippen LogP contribution >= 0.6 is 0 Å². The summed E-state index contributed by atoms with van der Waals surface area (Å²) in [5, 5.41) is 54.9. The van der Waals surface area contributed by atoms with Crippen LogP contribution < -0.4 is 5.32 Å². The van der Waals surface area contributed by atoms with E-state index in [0.29, 0.717) is 6.42 Å². The lowest BCUT2D eigenvalue weighted by Gasteiger charge is -2.40. The molecule has 1 saturated heterocycles. The molecular weight excluding hydrogens is 1130 g/mol. The van der Waals surface area contributed by atoms with Crippen molar-refractivity contribution in [1.82, 2.24) is 5.32 Å². The number of aliphatic hydroxyl groups is 5. The van der Waals surface area contributed by atoms with Crippen LogP contribution in [0.3, 0.4) is 0 Å². The highest BCUT2D eigenvalue weighted by Crippen LogP contribution is 2.23. The van der Waals surface area contributed by atoms with Gasteiger partial charge in [-0.3, -0.25) is 4.79 Å². The number of amides is 1. The van der Waals surface area contributed by atoms with E-state index in [1.807, 2.05) is 6.08 Å². The summed E-state index contributed by atoms with van der Waals surface area (Å²) in [5.41, 5.74) is 0. The molecule has 0 radical (unpaired) electrons. The lowest BCUT2D eigenvalue weighted by atomic mass is 9.99. The summed E-state index contributed by atoms with van der Waals surface area (Å²) in [6.45, 7) is 3.69. The highest BCUT2D eigenvalue weighted by atomic mass is 16.7. The quantitative estimate of drug-likeness (QED) is 0.0261. The van der Waals surface area contributed by atoms with Crippen LogP contribution in [0.25, 0.3) is 0 Å². The molecule has 91 heavy (non-hydrogen) atoms. The van der Waals surface area contributed by atoms with Gasteiger partial charge in [0, 0.05) is 6.42 Å². The SMILES string of the molecule is CC/C=C\C/C=C\C/C=C\C/C=C\C/C=C\C/C=C\C/C=C\C/C=C\C/C=C\CCCCCCCCCC(=O)NC(COC1OC(CO)C(O)C(O)C1O)C(O)/C=C/CCCCCCCCCCCCCCCCCCCCCCCCCCCCCCCCC. The molecule has 1 rings (SSSR count). The van der Waals surface area contributed by atoms with E-state index in [2.05, 4.69) is 129 Å². The summed E-state index contributed by atoms with van der Waals surface area (Å²) < 4.78 is 11.3. The number of aliphatic hydroxyl groups excluding tert-OH is 5. The van der Waals surface area contributed by atoms with Gasteiger partial charge in [0.15, 0.2) is 6.29 Å². The second-order valence-corrected chi connectivity index (χ2v) is 26.1. The van der Waals surface area contributed by atoms with Crippen molar-refractivity contribution in [3.05, 3.63) is 122 Å². The minimum atomic E-state index is -1.58. The van der Waals surface area contributed by atoms with Crippen LogP contribution in [0.5, 0.6) is 0 Å². The number of carbonyl (C=O) groups excluding carboxylic acids is 1. The Bertz CT molecular complexity index is 1860. The predicted molar refractivity (Wildman–Crippen MR) is 391 cm³/mol. The molecule has 0 bridgehead atoms. The summed E-state index contributed by atoms with van der Waals surface area (Å²) in [5.74, 6) is -0.189. The van der Waals surface area contributed by atoms with E-state index in [1.165, 1.54) is 205 Å². The first kappa shape index (κ1) is 85.6. The summed E-state index contributed by atoms with van der Waals surface area (Å²) in [7, 11) is 0. The van der Waals surface area contributed by atoms with Crippen molar-refractivity contribution in [2.24, 2.45) is 0 Å². The van der Waals surface area contributed by atoms with Crippen LogP contribution in [-0.4, -0.2) is 87.5 Å². The Morgan fingerprint density at radius 2 is 0.681 bits per heavy atom. The Morgan fingerprint density at radius 3 is 1.01 bits per heavy atom. The smallest absolute Gasteiger partial charge is 0.220 e. The van der Waals surface area contributed by atoms with Crippen molar-refractivity contribution in [2.75, 3.05) is 13.2 Å². The van der Waals surface area contributed by atoms with E-state index < -0.39 is 49.5 Å². The van der Waals surface area contributed by atoms with Crippen molar-refractivity contribution >= 4 is 5.91 Å². The van der Waals surface area contributed by atoms with Crippen LogP contribution in [0.1, 0.15) is 335 Å². The maximum atomic E-state index is 13.2. The number of unbranched alkanes of at least 4 members (excludes halogenated alkanes) is 38. The first-order valence-corrected chi connectivity index (χ1v) is 38.3. The number of nitrogens with one attached hydrogen (secondary N) is 1. The zero-order chi connectivity index (χ0) is 65.7. The number of ether oxygens (including phenoxy) is 2. The molecule has 1 heterocycles. The number of allylic oxidation sites excluding steroid dienone is 19. The molecule has 9 heteroatoms. The molecule has 1 fully saturated rings. The van der Waals surface area contributed by atoms with Crippen LogP contribution in [0, 0.1) is 0 Å². The molecule has 7 unspecified atom stereocenters. The van der Waals surface area contributed by atoms with E-state index in [0.717, 1.165) is 109 Å². The molecule has 0 saturated carbocycles. The molecule has 0 aromatic rings. The lowest BCUT2D eigenvalue weighted by molar-refractivity contribution is -0.302. The molecule has 1 aliphatic heterocycles. The van der Waals surface area contributed by atoms with E-state index in [9.17, 15) is 30.3 Å². The second-order valence-electron chi connectivity index (χ2n) is 26.1. The first-order valence-electron chi connectivity index (χ1n) is 38.3. The third-order valence-electron chi connectivity index (χ3n) is 17.5. The fraction of sp³-hybridized carbons (Fsp3) is 0.744. The van der Waals surface area contributed by atoms with Gasteiger partial charge in [-0.2, -0.15) is 0 Å². The summed E-state index contributed by atoms with van der Waals surface area (Å²) >= 11 is 0. The Hall–Kier alpha value is -3.41. The molecule has 0 aromatic carbocycles. The molecule has 1 aliphatic rings. The third-order valence-corrected chi connectivity index (χ3v) is 17.5. The fourth-order valence-corrected chi connectivity index (χ4v) is 11.6. The monoisotopic (exact) mass is 1270 g/mol. The minimum absolute atomic E-state index is 0.189. The maximum absolute atomic E-state index is 13.2. The molecular formula is C82H143NO8. The highest BCUT2D eigenvalue weighted by molar-refractivity contribution is 5.76. The van der Waals surface area contributed by atoms with Crippen LogP contribution in [0.15, 0.2) is 122 Å². The summed E-state index contributed by atoms with van der Waals surface area (Å²) in [4.78, 5) is 13.2. The van der Waals surface area contributed by atoms with Gasteiger partial charge in [0.25, 0.3) is 0 Å². The zero-order valence-corrected chi connectivity index (χ0v) is 58.8. The number of hydrogen-bond donors (Lipinski definition) is 6. The maximum Gasteiger partial charge on any atom is 0.220 e. The molecule has 7 atom stereocenters. The molecule has 6 N–H and O–H groups in total. The molecule has 0 aromatic heterocycles. The van der Waals surface area contributed by atoms with Crippen molar-refractivity contribution in [3.8, 4) is 0 Å². The standard InChI is InChI=1S/C82H143NO8/c1-3-5-7-9-11-13-15-17-19-21-23-25-27-29-31-33-35-37-38-40-42-44-46-48-50-52-54-56-58-60-62-64-66-68-70-72-78(86)83-75(74-90-82-81(89)80(88)79(87)77(73-84)91-82)76(85)71-69-67-65-63-61-59-57-55-53-51-49-47-45-43-41-39-36-34-32-30-28-26-24-22-20-18-16-14-12-10-8-6-4-2/h5,7,11,13,17,19,23,25,29,31,35,37,40,42,46,48,52,54,69,71,75-77,79-82,84-85,87-89H,3-4,6,8-10,12,14-16,18,20-22,24,26-28,30,32-34,36,38-39,41,43-45,47,49-51,53,55-68,70,72-74H2,1-2H3,(H,83,86)/b7-5-,13-11-,19-17-,25-23-,31-29-,37-35-,42-40-,48-46-,54-52-,71-69+. The Kier molecular flexibility index (Phi) is 65.3. The molecule has 1 amide bonds. The normalized spacial score (nSPS) is 18.4. The largest absolute Gasteiger partial charge is 0.394 e. The van der Waals surface area contributed by atoms with Crippen molar-refractivity contribution < 1.29 is 39.8 Å². The van der Waals surface area contributed by atoms with Gasteiger partial charge in [-0.15, -0.1) is 0 Å². The topological polar surface area (TPSA) is 149 Å². The van der Waals surface area contributed by atoms with Crippen molar-refractivity contribution in [1.29, 1.82) is 0 Å². The van der Waals surface area contributed by atoms with Gasteiger partial charge in [-0.05, 0) is 89.9 Å². The number of hydrogen-bond acceptors (Lipinski definition) is 8. The fourth-order valence-electron chi connectivity index (χ4n) is 11.6. The molecule has 524 valence electrons. The third kappa shape index (κ3) is 57.7.